The van der Waals surface area contributed by atoms with Crippen LogP contribution in [0.2, 0.25) is 0 Å². The molecule has 1 fully saturated rings. The molecule has 29 heavy (non-hydrogen) atoms. The average Bonchev–Trinajstić information content (AvgIpc) is 3.26. The number of rotatable bonds is 6. The van der Waals surface area contributed by atoms with E-state index in [1.54, 1.807) is 0 Å². The second-order valence-electron chi connectivity index (χ2n) is 8.00. The van der Waals surface area contributed by atoms with Gasteiger partial charge < -0.3 is 20.3 Å². The lowest BCUT2D eigenvalue weighted by Gasteiger charge is -2.38. The lowest BCUT2D eigenvalue weighted by atomic mass is 10.0. The van der Waals surface area contributed by atoms with Crippen LogP contribution in [0.1, 0.15) is 24.8 Å². The molecule has 1 aromatic heterocycles. The van der Waals surface area contributed by atoms with Crippen molar-refractivity contribution in [3.05, 3.63) is 53.4 Å². The molecular weight excluding hydrogens is 378 g/mol. The second-order valence-corrected chi connectivity index (χ2v) is 8.95. The Bertz CT molecular complexity index is 970. The van der Waals surface area contributed by atoms with Gasteiger partial charge in [-0.15, -0.1) is 11.3 Å². The van der Waals surface area contributed by atoms with E-state index in [0.717, 1.165) is 51.4 Å². The van der Waals surface area contributed by atoms with Crippen LogP contribution in [0.5, 0.6) is 5.75 Å². The Hall–Kier alpha value is -2.24. The average molecular weight is 408 g/mol. The third-order valence-electron chi connectivity index (χ3n) is 6.10. The molecule has 2 N–H and O–H groups in total. The van der Waals surface area contributed by atoms with E-state index >= 15 is 0 Å². The van der Waals surface area contributed by atoms with E-state index in [-0.39, 0.29) is 0 Å². The fraction of sp³-hybridized carbons (Fsp3) is 0.417. The molecule has 2 aliphatic rings. The smallest absolute Gasteiger partial charge is 0.121 e. The maximum Gasteiger partial charge on any atom is 0.121 e. The minimum absolute atomic E-state index is 0.517. The number of hydrogen-bond acceptors (Lipinski definition) is 5. The number of piperazine rings is 1. The Kier molecular flexibility index (Phi) is 5.59. The van der Waals surface area contributed by atoms with Crippen molar-refractivity contribution in [2.24, 2.45) is 0 Å². The first-order chi connectivity index (χ1) is 14.4. The van der Waals surface area contributed by atoms with Crippen molar-refractivity contribution in [1.29, 1.82) is 0 Å². The van der Waals surface area contributed by atoms with E-state index in [2.05, 4.69) is 63.4 Å². The van der Waals surface area contributed by atoms with Gasteiger partial charge in [0.05, 0.1) is 6.61 Å². The highest BCUT2D eigenvalue weighted by Crippen LogP contribution is 2.33. The van der Waals surface area contributed by atoms with Crippen molar-refractivity contribution < 1.29 is 4.74 Å². The first-order valence-electron chi connectivity index (χ1n) is 10.8. The number of benzene rings is 2. The minimum atomic E-state index is 0.517. The quantitative estimate of drug-likeness (QED) is 0.570. The highest BCUT2D eigenvalue weighted by atomic mass is 32.1. The van der Waals surface area contributed by atoms with Crippen LogP contribution in [0.15, 0.2) is 47.8 Å². The number of aryl methyl sites for hydroxylation is 1. The van der Waals surface area contributed by atoms with Crippen LogP contribution in [-0.2, 0) is 6.42 Å². The SMILES string of the molecule is c1cc(N2CCNCC2CCCOc2ccc3c(c2)NCCC3)c2ccsc2c1. The van der Waals surface area contributed by atoms with Gasteiger partial charge in [-0.2, -0.15) is 0 Å². The molecule has 4 nitrogen and oxygen atoms in total. The number of fused-ring (bicyclic) bond motifs is 2. The summed E-state index contributed by atoms with van der Waals surface area (Å²) in [5.74, 6) is 0.986. The third kappa shape index (κ3) is 4.07. The summed E-state index contributed by atoms with van der Waals surface area (Å²) in [6.45, 7) is 5.00. The Morgan fingerprint density at radius 1 is 1.14 bits per heavy atom. The number of anilines is 2. The van der Waals surface area contributed by atoms with E-state index in [0.29, 0.717) is 6.04 Å². The summed E-state index contributed by atoms with van der Waals surface area (Å²) in [5, 5.41) is 10.7. The maximum absolute atomic E-state index is 6.08. The first-order valence-corrected chi connectivity index (χ1v) is 11.7. The van der Waals surface area contributed by atoms with Gasteiger partial charge in [0.15, 0.2) is 0 Å². The molecule has 0 spiro atoms. The Morgan fingerprint density at radius 3 is 3.14 bits per heavy atom. The molecule has 3 heterocycles. The number of nitrogens with zero attached hydrogens (tertiary/aromatic N) is 1. The zero-order chi connectivity index (χ0) is 19.5. The summed E-state index contributed by atoms with van der Waals surface area (Å²) < 4.78 is 7.46. The maximum atomic E-state index is 6.08. The Balaban J connectivity index is 1.20. The molecule has 5 rings (SSSR count). The number of hydrogen-bond donors (Lipinski definition) is 2. The summed E-state index contributed by atoms with van der Waals surface area (Å²) in [5.41, 5.74) is 4.05. The lowest BCUT2D eigenvalue weighted by Crippen LogP contribution is -2.51. The molecule has 1 unspecified atom stereocenters. The highest BCUT2D eigenvalue weighted by molar-refractivity contribution is 7.17. The van der Waals surface area contributed by atoms with Gasteiger partial charge >= 0.3 is 0 Å². The summed E-state index contributed by atoms with van der Waals surface area (Å²) in [4.78, 5) is 2.61. The Morgan fingerprint density at radius 2 is 2.14 bits per heavy atom. The molecule has 0 amide bonds. The van der Waals surface area contributed by atoms with Gasteiger partial charge in [0.1, 0.15) is 5.75 Å². The molecule has 2 aromatic carbocycles. The van der Waals surface area contributed by atoms with Gasteiger partial charge in [0.2, 0.25) is 0 Å². The molecule has 1 atom stereocenters. The number of nitrogens with one attached hydrogen (secondary N) is 2. The second kappa shape index (κ2) is 8.64. The van der Waals surface area contributed by atoms with Crippen molar-refractivity contribution in [2.45, 2.75) is 31.7 Å². The first kappa shape index (κ1) is 18.8. The third-order valence-corrected chi connectivity index (χ3v) is 6.98. The molecule has 5 heteroatoms. The van der Waals surface area contributed by atoms with Crippen LogP contribution >= 0.6 is 11.3 Å². The van der Waals surface area contributed by atoms with Gasteiger partial charge in [-0.1, -0.05) is 12.1 Å². The number of ether oxygens (including phenoxy) is 1. The van der Waals surface area contributed by atoms with Gasteiger partial charge in [-0.25, -0.2) is 0 Å². The van der Waals surface area contributed by atoms with E-state index in [1.807, 2.05) is 11.3 Å². The largest absolute Gasteiger partial charge is 0.494 e. The van der Waals surface area contributed by atoms with Gasteiger partial charge in [0, 0.05) is 59.7 Å². The van der Waals surface area contributed by atoms with Crippen LogP contribution in [0, 0.1) is 0 Å². The summed E-state index contributed by atoms with van der Waals surface area (Å²) >= 11 is 1.83. The molecule has 3 aromatic rings. The zero-order valence-electron chi connectivity index (χ0n) is 16.8. The van der Waals surface area contributed by atoms with E-state index < -0.39 is 0 Å². The van der Waals surface area contributed by atoms with Gasteiger partial charge in [-0.3, -0.25) is 0 Å². The van der Waals surface area contributed by atoms with Crippen LogP contribution in [0.4, 0.5) is 11.4 Å². The predicted octanol–water partition coefficient (Wildman–Crippen LogP) is 4.90. The summed E-state index contributed by atoms with van der Waals surface area (Å²) in [6, 6.07) is 16.0. The fourth-order valence-corrected chi connectivity index (χ4v) is 5.41. The molecule has 152 valence electrons. The summed E-state index contributed by atoms with van der Waals surface area (Å²) in [7, 11) is 0. The minimum Gasteiger partial charge on any atom is -0.494 e. The molecular formula is C24H29N3OS. The topological polar surface area (TPSA) is 36.5 Å². The molecule has 2 aliphatic heterocycles. The van der Waals surface area contributed by atoms with Crippen molar-refractivity contribution in [3.63, 3.8) is 0 Å². The molecule has 0 saturated carbocycles. The van der Waals surface area contributed by atoms with Crippen molar-refractivity contribution in [3.8, 4) is 5.75 Å². The van der Waals surface area contributed by atoms with Gasteiger partial charge in [-0.05, 0) is 60.9 Å². The monoisotopic (exact) mass is 407 g/mol. The van der Waals surface area contributed by atoms with Crippen LogP contribution in [0.25, 0.3) is 10.1 Å². The van der Waals surface area contributed by atoms with Gasteiger partial charge in [0.25, 0.3) is 0 Å². The molecule has 0 bridgehead atoms. The van der Waals surface area contributed by atoms with Crippen LogP contribution < -0.4 is 20.3 Å². The van der Waals surface area contributed by atoms with E-state index in [1.165, 1.54) is 39.9 Å². The van der Waals surface area contributed by atoms with Crippen molar-refractivity contribution >= 4 is 32.8 Å². The summed E-state index contributed by atoms with van der Waals surface area (Å²) in [6.07, 6.45) is 4.59. The van der Waals surface area contributed by atoms with Crippen molar-refractivity contribution in [2.75, 3.05) is 43.0 Å². The standard InChI is InChI=1S/C24H29N3OS/c1-6-23(21-10-15-29-24(21)7-1)27-13-12-25-17-19(27)5-3-14-28-20-9-8-18-4-2-11-26-22(18)16-20/h1,6-10,15-16,19,25-26H,2-5,11-14,17H2. The molecule has 0 radical (unpaired) electrons. The van der Waals surface area contributed by atoms with E-state index in [9.17, 15) is 0 Å². The Labute approximate surface area is 176 Å². The normalized spacial score (nSPS) is 19.0. The highest BCUT2D eigenvalue weighted by Gasteiger charge is 2.23. The lowest BCUT2D eigenvalue weighted by molar-refractivity contribution is 0.296. The van der Waals surface area contributed by atoms with Crippen molar-refractivity contribution in [1.82, 2.24) is 5.32 Å². The van der Waals surface area contributed by atoms with Crippen LogP contribution in [-0.4, -0.2) is 38.8 Å². The fourth-order valence-electron chi connectivity index (χ4n) is 4.60. The van der Waals surface area contributed by atoms with E-state index in [4.69, 9.17) is 4.74 Å². The predicted molar refractivity (Wildman–Crippen MR) is 124 cm³/mol. The van der Waals surface area contributed by atoms with Crippen LogP contribution in [0.3, 0.4) is 0 Å². The molecule has 0 aliphatic carbocycles. The molecule has 1 saturated heterocycles. The zero-order valence-corrected chi connectivity index (χ0v) is 17.6. The number of thiophene rings is 1.